The van der Waals surface area contributed by atoms with Gasteiger partial charge in [0.25, 0.3) is 0 Å². The van der Waals surface area contributed by atoms with Gasteiger partial charge in [0.15, 0.2) is 0 Å². The van der Waals surface area contributed by atoms with Gasteiger partial charge in [-0.15, -0.1) is 0 Å². The predicted molar refractivity (Wildman–Crippen MR) is 54.1 cm³/mol. The summed E-state index contributed by atoms with van der Waals surface area (Å²) < 4.78 is 17.2. The molecule has 1 unspecified atom stereocenters. The highest BCUT2D eigenvalue weighted by atomic mass is 19.1. The first kappa shape index (κ1) is 14.8. The molecule has 0 aromatic carbocycles. The zero-order valence-corrected chi connectivity index (χ0v) is 9.48. The number of halogens is 1. The van der Waals surface area contributed by atoms with Crippen LogP contribution >= 0.6 is 0 Å². The highest BCUT2D eigenvalue weighted by Gasteiger charge is 2.20. The van der Waals surface area contributed by atoms with Crippen LogP contribution in [0.25, 0.3) is 0 Å². The lowest BCUT2D eigenvalue weighted by Crippen LogP contribution is -2.43. The molecule has 0 amide bonds. The van der Waals surface area contributed by atoms with E-state index in [0.717, 1.165) is 0 Å². The van der Waals surface area contributed by atoms with Gasteiger partial charge in [-0.05, 0) is 0 Å². The van der Waals surface area contributed by atoms with Crippen molar-refractivity contribution < 1.29 is 28.3 Å². The second-order valence-corrected chi connectivity index (χ2v) is 4.15. The van der Waals surface area contributed by atoms with E-state index in [1.165, 1.54) is 0 Å². The molecule has 0 rings (SSSR count). The van der Waals surface area contributed by atoms with E-state index in [4.69, 9.17) is 15.6 Å². The number of nitrogens with zero attached hydrogens (tertiary/aromatic N) is 1. The molecule has 16 heavy (non-hydrogen) atoms. The Morgan fingerprint density at radius 2 is 2.06 bits per heavy atom. The van der Waals surface area contributed by atoms with Crippen molar-refractivity contribution in [3.8, 4) is 0 Å². The predicted octanol–water partition coefficient (Wildman–Crippen LogP) is -0.665. The Morgan fingerprint density at radius 1 is 1.50 bits per heavy atom. The summed E-state index contributed by atoms with van der Waals surface area (Å²) in [6.07, 6.45) is -0.472. The van der Waals surface area contributed by atoms with Gasteiger partial charge >= 0.3 is 11.9 Å². The van der Waals surface area contributed by atoms with Gasteiger partial charge in [0, 0.05) is 0 Å². The quantitative estimate of drug-likeness (QED) is 0.348. The molecule has 0 bridgehead atoms. The topological polar surface area (TPSA) is 89.6 Å². The van der Waals surface area contributed by atoms with Crippen molar-refractivity contribution in [2.24, 2.45) is 5.73 Å². The van der Waals surface area contributed by atoms with Crippen molar-refractivity contribution >= 4 is 11.9 Å². The molecule has 0 saturated carbocycles. The van der Waals surface area contributed by atoms with E-state index >= 15 is 0 Å². The molecular weight excluding hydrogens is 219 g/mol. The minimum absolute atomic E-state index is 0.0169. The summed E-state index contributed by atoms with van der Waals surface area (Å²) in [5.74, 6) is -1.94. The molecule has 0 aliphatic heterocycles. The monoisotopic (exact) mass is 237 g/mol. The van der Waals surface area contributed by atoms with Crippen LogP contribution in [0, 0.1) is 0 Å². The second-order valence-electron chi connectivity index (χ2n) is 4.15. The maximum Gasteiger partial charge on any atom is 0.323 e. The fourth-order valence-electron chi connectivity index (χ4n) is 0.832. The van der Waals surface area contributed by atoms with Gasteiger partial charge in [-0.25, -0.2) is 0 Å². The van der Waals surface area contributed by atoms with Gasteiger partial charge in [-0.2, -0.15) is 4.39 Å². The Labute approximate surface area is 93.4 Å². The Hall–Kier alpha value is -1.21. The van der Waals surface area contributed by atoms with Crippen LogP contribution in [0.5, 0.6) is 0 Å². The van der Waals surface area contributed by atoms with Crippen molar-refractivity contribution in [2.45, 2.75) is 12.5 Å². The van der Waals surface area contributed by atoms with Crippen LogP contribution in [0.4, 0.5) is 4.39 Å². The lowest BCUT2D eigenvalue weighted by molar-refractivity contribution is -0.902. The van der Waals surface area contributed by atoms with Crippen LogP contribution in [0.2, 0.25) is 0 Å². The molecule has 0 aromatic rings. The fraction of sp³-hybridized carbons (Fsp3) is 0.778. The molecule has 0 aliphatic rings. The summed E-state index contributed by atoms with van der Waals surface area (Å²) in [7, 11) is 3.29. The number of esters is 1. The summed E-state index contributed by atoms with van der Waals surface area (Å²) in [5.41, 5.74) is 5.27. The third-order valence-electron chi connectivity index (χ3n) is 1.96. The number of rotatable bonds is 7. The average molecular weight is 237 g/mol. The van der Waals surface area contributed by atoms with Crippen molar-refractivity contribution in [1.82, 2.24) is 0 Å². The van der Waals surface area contributed by atoms with Gasteiger partial charge in [0.2, 0.25) is 6.80 Å². The van der Waals surface area contributed by atoms with E-state index in [1.807, 2.05) is 0 Å². The Kier molecular flexibility index (Phi) is 5.91. The van der Waals surface area contributed by atoms with Gasteiger partial charge in [-0.3, -0.25) is 14.1 Å². The number of nitrogens with two attached hydrogens (primary N) is 1. The van der Waals surface area contributed by atoms with Gasteiger partial charge in [0.1, 0.15) is 19.2 Å². The average Bonchev–Trinajstić information content (AvgIpc) is 2.16. The number of carboxylic acids is 1. The summed E-state index contributed by atoms with van der Waals surface area (Å²) in [4.78, 5) is 21.4. The molecule has 7 heteroatoms. The largest absolute Gasteiger partial charge is 0.481 e. The normalized spacial score (nSPS) is 13.2. The summed E-state index contributed by atoms with van der Waals surface area (Å²) in [5, 5.41) is 8.39. The molecule has 0 aliphatic carbocycles. The first-order valence-corrected chi connectivity index (χ1v) is 4.80. The number of hydrogen-bond donors (Lipinski definition) is 2. The van der Waals surface area contributed by atoms with Crippen LogP contribution < -0.4 is 5.73 Å². The molecule has 94 valence electrons. The molecule has 0 aromatic heterocycles. The van der Waals surface area contributed by atoms with Crippen molar-refractivity contribution in [1.29, 1.82) is 0 Å². The molecule has 0 fully saturated rings. The smallest absolute Gasteiger partial charge is 0.323 e. The van der Waals surface area contributed by atoms with E-state index in [1.54, 1.807) is 14.1 Å². The number of carbonyl (C=O) groups excluding carboxylic acids is 1. The Morgan fingerprint density at radius 3 is 2.50 bits per heavy atom. The number of carboxylic acid groups (broad SMARTS) is 1. The van der Waals surface area contributed by atoms with Crippen molar-refractivity contribution in [2.75, 3.05) is 34.0 Å². The number of aliphatic carboxylic acids is 1. The molecule has 0 radical (unpaired) electrons. The zero-order valence-electron chi connectivity index (χ0n) is 9.48. The lowest BCUT2D eigenvalue weighted by atomic mass is 10.2. The summed E-state index contributed by atoms with van der Waals surface area (Å²) in [6.45, 7) is -0.246. The molecule has 0 spiro atoms. The minimum Gasteiger partial charge on any atom is -0.481 e. The molecule has 0 saturated heterocycles. The maximum atomic E-state index is 12.4. The Bertz CT molecular complexity index is 258. The summed E-state index contributed by atoms with van der Waals surface area (Å²) >= 11 is 0. The van der Waals surface area contributed by atoms with Crippen molar-refractivity contribution in [3.63, 3.8) is 0 Å². The maximum absolute atomic E-state index is 12.4. The molecule has 1 atom stereocenters. The van der Waals surface area contributed by atoms with E-state index in [0.29, 0.717) is 6.54 Å². The molecule has 3 N–H and O–H groups in total. The number of ether oxygens (including phenoxy) is 1. The summed E-state index contributed by atoms with van der Waals surface area (Å²) in [6, 6.07) is -1.17. The lowest BCUT2D eigenvalue weighted by Gasteiger charge is -2.25. The number of quaternary nitrogens is 1. The third-order valence-corrected chi connectivity index (χ3v) is 1.96. The molecule has 0 heterocycles. The molecular formula is C9H18FN2O4+. The number of likely N-dealkylation sites (N-methyl/N-ethyl adjacent to an activating group) is 1. The minimum atomic E-state index is -1.17. The van der Waals surface area contributed by atoms with E-state index in [2.05, 4.69) is 0 Å². The van der Waals surface area contributed by atoms with Crippen LogP contribution in [0.3, 0.4) is 0 Å². The first-order valence-electron chi connectivity index (χ1n) is 4.80. The number of carbonyl (C=O) groups is 2. The van der Waals surface area contributed by atoms with Gasteiger partial charge in [0.05, 0.1) is 20.5 Å². The molecule has 6 nitrogen and oxygen atoms in total. The first-order chi connectivity index (χ1) is 7.28. The van der Waals surface area contributed by atoms with E-state index < -0.39 is 31.2 Å². The van der Waals surface area contributed by atoms with Gasteiger partial charge < -0.3 is 15.6 Å². The zero-order chi connectivity index (χ0) is 12.8. The second kappa shape index (κ2) is 6.39. The Balaban J connectivity index is 3.85. The van der Waals surface area contributed by atoms with E-state index in [9.17, 15) is 14.0 Å². The SMILES string of the molecule is C[N+](C)(CF)CCOC(=O)C(N)CC(=O)O. The number of alkyl halides is 1. The highest BCUT2D eigenvalue weighted by molar-refractivity contribution is 5.81. The van der Waals surface area contributed by atoms with Crippen LogP contribution in [-0.2, 0) is 14.3 Å². The van der Waals surface area contributed by atoms with Crippen molar-refractivity contribution in [3.05, 3.63) is 0 Å². The van der Waals surface area contributed by atoms with Gasteiger partial charge in [-0.1, -0.05) is 0 Å². The third kappa shape index (κ3) is 6.31. The van der Waals surface area contributed by atoms with Crippen LogP contribution in [0.1, 0.15) is 6.42 Å². The fourth-order valence-corrected chi connectivity index (χ4v) is 0.832. The number of hydrogen-bond acceptors (Lipinski definition) is 4. The van der Waals surface area contributed by atoms with Crippen LogP contribution in [-0.4, -0.2) is 61.6 Å². The van der Waals surface area contributed by atoms with E-state index in [-0.39, 0.29) is 11.1 Å². The van der Waals surface area contributed by atoms with Crippen LogP contribution in [0.15, 0.2) is 0 Å². The standard InChI is InChI=1S/C9H17FN2O4/c1-12(2,6-10)3-4-16-9(15)7(11)5-8(13)14/h7H,3-6,11H2,1-2H3/p+1. The highest BCUT2D eigenvalue weighted by Crippen LogP contribution is 1.98.